The predicted octanol–water partition coefficient (Wildman–Crippen LogP) is 5.85. The fourth-order valence-electron chi connectivity index (χ4n) is 4.70. The van der Waals surface area contributed by atoms with Crippen LogP contribution in [0.5, 0.6) is 11.5 Å². The molecule has 0 saturated carbocycles. The lowest BCUT2D eigenvalue weighted by atomic mass is 9.83. The monoisotopic (exact) mass is 569 g/mol. The Morgan fingerprint density at radius 1 is 0.878 bits per heavy atom. The van der Waals surface area contributed by atoms with E-state index in [0.717, 1.165) is 13.0 Å². The number of halogens is 3. The SMILES string of the molecule is COc1ccc(C(=O)c2c(C)n(Cc3cccc(CC(C)(C(=O)O)C(=O)O)c3)c3cc(OC(F)(F)F)ccc23)cc1. The Balaban J connectivity index is 1.81. The first-order valence-electron chi connectivity index (χ1n) is 12.4. The highest BCUT2D eigenvalue weighted by molar-refractivity contribution is 6.17. The standard InChI is InChI=1S/C30H26F3NO7/c1-17-25(26(35)20-7-9-21(40-3)10-8-20)23-12-11-22(41-30(31,32)33)14-24(23)34(17)16-19-6-4-5-18(13-19)15-29(2,27(36)37)28(38)39/h4-14H,15-16H2,1-3H3,(H,36,37)(H,38,39). The molecule has 0 atom stereocenters. The molecule has 8 nitrogen and oxygen atoms in total. The number of benzene rings is 3. The van der Waals surface area contributed by atoms with Gasteiger partial charge < -0.3 is 24.3 Å². The molecule has 11 heteroatoms. The minimum Gasteiger partial charge on any atom is -0.497 e. The maximum Gasteiger partial charge on any atom is 0.573 e. The van der Waals surface area contributed by atoms with Gasteiger partial charge in [-0.15, -0.1) is 13.2 Å². The van der Waals surface area contributed by atoms with Crippen LogP contribution >= 0.6 is 0 Å². The topological polar surface area (TPSA) is 115 Å². The number of aromatic nitrogens is 1. The molecule has 41 heavy (non-hydrogen) atoms. The van der Waals surface area contributed by atoms with E-state index in [1.54, 1.807) is 60.0 Å². The smallest absolute Gasteiger partial charge is 0.497 e. The van der Waals surface area contributed by atoms with Crippen LogP contribution < -0.4 is 9.47 Å². The zero-order chi connectivity index (χ0) is 30.1. The summed E-state index contributed by atoms with van der Waals surface area (Å²) in [4.78, 5) is 37.0. The molecule has 0 saturated heterocycles. The Hall–Kier alpha value is -4.80. The van der Waals surface area contributed by atoms with Crippen molar-refractivity contribution in [1.29, 1.82) is 0 Å². The molecule has 0 aliphatic rings. The molecule has 0 aliphatic carbocycles. The van der Waals surface area contributed by atoms with Gasteiger partial charge in [0.05, 0.1) is 18.2 Å². The number of aliphatic carboxylic acids is 2. The highest BCUT2D eigenvalue weighted by Gasteiger charge is 2.41. The third-order valence-electron chi connectivity index (χ3n) is 6.94. The number of nitrogens with zero attached hydrogens (tertiary/aromatic N) is 1. The van der Waals surface area contributed by atoms with Crippen LogP contribution in [0.1, 0.15) is 39.7 Å². The maximum atomic E-state index is 13.6. The molecular formula is C30H26F3NO7. The fraction of sp³-hybridized carbons (Fsp3) is 0.233. The lowest BCUT2D eigenvalue weighted by molar-refractivity contribution is -0.274. The van der Waals surface area contributed by atoms with E-state index >= 15 is 0 Å². The number of ether oxygens (including phenoxy) is 2. The van der Waals surface area contributed by atoms with Crippen molar-refractivity contribution in [3.05, 3.63) is 94.7 Å². The van der Waals surface area contributed by atoms with Crippen molar-refractivity contribution in [3.8, 4) is 11.5 Å². The van der Waals surface area contributed by atoms with Crippen LogP contribution in [-0.2, 0) is 22.6 Å². The molecule has 0 radical (unpaired) electrons. The molecule has 2 N–H and O–H groups in total. The first kappa shape index (κ1) is 29.2. The number of carbonyl (C=O) groups excluding carboxylic acids is 1. The number of methoxy groups -OCH3 is 1. The maximum absolute atomic E-state index is 13.6. The molecule has 4 rings (SSSR count). The summed E-state index contributed by atoms with van der Waals surface area (Å²) < 4.78 is 50.0. The van der Waals surface area contributed by atoms with Gasteiger partial charge in [0.1, 0.15) is 11.5 Å². The molecule has 0 aliphatic heterocycles. The number of carbonyl (C=O) groups is 3. The van der Waals surface area contributed by atoms with Gasteiger partial charge in [0.15, 0.2) is 11.2 Å². The second kappa shape index (κ2) is 11.0. The highest BCUT2D eigenvalue weighted by Crippen LogP contribution is 2.34. The molecule has 0 spiro atoms. The van der Waals surface area contributed by atoms with E-state index in [1.807, 2.05) is 0 Å². The number of hydrogen-bond acceptors (Lipinski definition) is 5. The van der Waals surface area contributed by atoms with Gasteiger partial charge >= 0.3 is 18.3 Å². The van der Waals surface area contributed by atoms with Crippen molar-refractivity contribution in [3.63, 3.8) is 0 Å². The quantitative estimate of drug-likeness (QED) is 0.182. The summed E-state index contributed by atoms with van der Waals surface area (Å²) in [5.74, 6) is -3.22. The van der Waals surface area contributed by atoms with Crippen LogP contribution in [0.15, 0.2) is 66.7 Å². The average Bonchev–Trinajstić information content (AvgIpc) is 3.17. The Kier molecular flexibility index (Phi) is 7.83. The van der Waals surface area contributed by atoms with Crippen molar-refractivity contribution in [2.45, 2.75) is 33.2 Å². The average molecular weight is 570 g/mol. The van der Waals surface area contributed by atoms with Crippen LogP contribution in [-0.4, -0.2) is 46.0 Å². The molecule has 0 bridgehead atoms. The van der Waals surface area contributed by atoms with Crippen molar-refractivity contribution in [1.82, 2.24) is 4.57 Å². The van der Waals surface area contributed by atoms with Gasteiger partial charge in [0.25, 0.3) is 0 Å². The van der Waals surface area contributed by atoms with Crippen molar-refractivity contribution in [2.24, 2.45) is 5.41 Å². The first-order chi connectivity index (χ1) is 19.2. The summed E-state index contributed by atoms with van der Waals surface area (Å²) in [7, 11) is 1.49. The van der Waals surface area contributed by atoms with Gasteiger partial charge in [0.2, 0.25) is 0 Å². The number of rotatable bonds is 10. The van der Waals surface area contributed by atoms with E-state index in [0.29, 0.717) is 44.6 Å². The number of hydrogen-bond donors (Lipinski definition) is 2. The van der Waals surface area contributed by atoms with Gasteiger partial charge in [0, 0.05) is 29.3 Å². The van der Waals surface area contributed by atoms with Gasteiger partial charge in [-0.05, 0) is 67.8 Å². The molecule has 0 amide bonds. The Morgan fingerprint density at radius 3 is 2.07 bits per heavy atom. The van der Waals surface area contributed by atoms with Crippen LogP contribution in [0.2, 0.25) is 0 Å². The third-order valence-corrected chi connectivity index (χ3v) is 6.94. The molecular weight excluding hydrogens is 543 g/mol. The van der Waals surface area contributed by atoms with E-state index in [9.17, 15) is 37.8 Å². The summed E-state index contributed by atoms with van der Waals surface area (Å²) in [6, 6.07) is 16.8. The van der Waals surface area contributed by atoms with Crippen molar-refractivity contribution in [2.75, 3.05) is 7.11 Å². The number of ketones is 1. The Labute approximate surface area is 232 Å². The second-order valence-corrected chi connectivity index (χ2v) is 9.77. The van der Waals surface area contributed by atoms with Gasteiger partial charge in [-0.2, -0.15) is 0 Å². The van der Waals surface area contributed by atoms with Crippen LogP contribution in [0, 0.1) is 12.3 Å². The second-order valence-electron chi connectivity index (χ2n) is 9.77. The fourth-order valence-corrected chi connectivity index (χ4v) is 4.70. The van der Waals surface area contributed by atoms with E-state index in [4.69, 9.17) is 4.74 Å². The van der Waals surface area contributed by atoms with Crippen molar-refractivity contribution < 1.29 is 47.2 Å². The third kappa shape index (κ3) is 6.03. The minimum atomic E-state index is -4.92. The predicted molar refractivity (Wildman–Crippen MR) is 142 cm³/mol. The van der Waals surface area contributed by atoms with Gasteiger partial charge in [-0.25, -0.2) is 0 Å². The molecule has 0 unspecified atom stereocenters. The molecule has 1 heterocycles. The van der Waals surface area contributed by atoms with Crippen LogP contribution in [0.3, 0.4) is 0 Å². The normalized spacial score (nSPS) is 11.9. The summed E-state index contributed by atoms with van der Waals surface area (Å²) in [6.45, 7) is 2.89. The van der Waals surface area contributed by atoms with E-state index < -0.39 is 29.5 Å². The Bertz CT molecular complexity index is 1620. The van der Waals surface area contributed by atoms with Gasteiger partial charge in [-0.3, -0.25) is 14.4 Å². The highest BCUT2D eigenvalue weighted by atomic mass is 19.4. The molecule has 214 valence electrons. The molecule has 3 aromatic carbocycles. The first-order valence-corrected chi connectivity index (χ1v) is 12.4. The van der Waals surface area contributed by atoms with Crippen LogP contribution in [0.25, 0.3) is 10.9 Å². The van der Waals surface area contributed by atoms with Crippen molar-refractivity contribution >= 4 is 28.6 Å². The number of alkyl halides is 3. The summed E-state index contributed by atoms with van der Waals surface area (Å²) in [5, 5.41) is 19.4. The van der Waals surface area contributed by atoms with E-state index in [2.05, 4.69) is 4.74 Å². The zero-order valence-electron chi connectivity index (χ0n) is 22.3. The number of carboxylic acid groups (broad SMARTS) is 2. The largest absolute Gasteiger partial charge is 0.573 e. The van der Waals surface area contributed by atoms with E-state index in [-0.39, 0.29) is 18.7 Å². The molecule has 4 aromatic rings. The molecule has 0 fully saturated rings. The number of fused-ring (bicyclic) bond motifs is 1. The lowest BCUT2D eigenvalue weighted by Gasteiger charge is -2.20. The molecule has 1 aromatic heterocycles. The summed E-state index contributed by atoms with van der Waals surface area (Å²) >= 11 is 0. The van der Waals surface area contributed by atoms with Crippen LogP contribution in [0.4, 0.5) is 13.2 Å². The number of carboxylic acids is 2. The van der Waals surface area contributed by atoms with Gasteiger partial charge in [-0.1, -0.05) is 24.3 Å². The Morgan fingerprint density at radius 2 is 1.49 bits per heavy atom. The summed E-state index contributed by atoms with van der Waals surface area (Å²) in [6.07, 6.45) is -5.21. The summed E-state index contributed by atoms with van der Waals surface area (Å²) in [5.41, 5.74) is 0.446. The lowest BCUT2D eigenvalue weighted by Crippen LogP contribution is -2.38. The minimum absolute atomic E-state index is 0.0956. The zero-order valence-corrected chi connectivity index (χ0v) is 22.3. The van der Waals surface area contributed by atoms with E-state index in [1.165, 1.54) is 19.2 Å².